The lowest BCUT2D eigenvalue weighted by Gasteiger charge is -2.19. The first-order chi connectivity index (χ1) is 9.58. The van der Waals surface area contributed by atoms with Gasteiger partial charge < -0.3 is 5.32 Å². The second-order valence-electron chi connectivity index (χ2n) is 6.43. The van der Waals surface area contributed by atoms with Crippen LogP contribution in [0.15, 0.2) is 24.3 Å². The highest BCUT2D eigenvalue weighted by Gasteiger charge is 2.13. The normalized spacial score (nSPS) is 12.2. The molecular weight excluding hydrogens is 286 g/mol. The van der Waals surface area contributed by atoms with Crippen molar-refractivity contribution in [1.82, 2.24) is 5.32 Å². The second kappa shape index (κ2) is 7.07. The van der Waals surface area contributed by atoms with Crippen LogP contribution in [-0.2, 0) is 26.5 Å². The minimum Gasteiger partial charge on any atom is -0.355 e. The lowest BCUT2D eigenvalue weighted by Crippen LogP contribution is -2.28. The van der Waals surface area contributed by atoms with Gasteiger partial charge in [0.15, 0.2) is 0 Å². The molecule has 0 saturated heterocycles. The van der Waals surface area contributed by atoms with Crippen molar-refractivity contribution < 1.29 is 13.2 Å². The molecule has 1 rings (SSSR count). The first kappa shape index (κ1) is 17.7. The molecular formula is C16H25NO3S. The highest BCUT2D eigenvalue weighted by Crippen LogP contribution is 2.22. The van der Waals surface area contributed by atoms with Crippen molar-refractivity contribution in [3.05, 3.63) is 35.4 Å². The van der Waals surface area contributed by atoms with E-state index in [2.05, 4.69) is 38.2 Å². The summed E-state index contributed by atoms with van der Waals surface area (Å²) >= 11 is 0. The SMILES string of the molecule is CC(C)(C)c1ccc(CCC(=O)NCCS(C)(=O)=O)cc1. The number of hydrogen-bond acceptors (Lipinski definition) is 3. The van der Waals surface area contributed by atoms with Crippen molar-refractivity contribution in [1.29, 1.82) is 0 Å². The molecule has 4 nitrogen and oxygen atoms in total. The van der Waals surface area contributed by atoms with Gasteiger partial charge in [-0.3, -0.25) is 4.79 Å². The fraction of sp³-hybridized carbons (Fsp3) is 0.562. The molecule has 1 amide bonds. The Labute approximate surface area is 127 Å². The van der Waals surface area contributed by atoms with Crippen LogP contribution in [0.2, 0.25) is 0 Å². The first-order valence-corrected chi connectivity index (χ1v) is 9.18. The molecule has 0 heterocycles. The topological polar surface area (TPSA) is 63.2 Å². The van der Waals surface area contributed by atoms with Gasteiger partial charge in [0.25, 0.3) is 0 Å². The van der Waals surface area contributed by atoms with Crippen molar-refractivity contribution in [2.24, 2.45) is 0 Å². The van der Waals surface area contributed by atoms with Gasteiger partial charge in [-0.15, -0.1) is 0 Å². The number of hydrogen-bond donors (Lipinski definition) is 1. The zero-order valence-electron chi connectivity index (χ0n) is 13.3. The molecule has 1 aromatic rings. The van der Waals surface area contributed by atoms with E-state index < -0.39 is 9.84 Å². The monoisotopic (exact) mass is 311 g/mol. The van der Waals surface area contributed by atoms with Crippen LogP contribution in [0.4, 0.5) is 0 Å². The van der Waals surface area contributed by atoms with Gasteiger partial charge >= 0.3 is 0 Å². The number of amides is 1. The van der Waals surface area contributed by atoms with E-state index in [1.54, 1.807) is 0 Å². The quantitative estimate of drug-likeness (QED) is 0.875. The van der Waals surface area contributed by atoms with Gasteiger partial charge in [0, 0.05) is 19.2 Å². The fourth-order valence-corrected chi connectivity index (χ4v) is 2.37. The molecule has 21 heavy (non-hydrogen) atoms. The lowest BCUT2D eigenvalue weighted by atomic mass is 9.86. The van der Waals surface area contributed by atoms with Crippen LogP contribution < -0.4 is 5.32 Å². The molecule has 0 saturated carbocycles. The summed E-state index contributed by atoms with van der Waals surface area (Å²) in [7, 11) is -3.02. The summed E-state index contributed by atoms with van der Waals surface area (Å²) in [6, 6.07) is 8.28. The maximum absolute atomic E-state index is 11.6. The van der Waals surface area contributed by atoms with Crippen molar-refractivity contribution in [3.63, 3.8) is 0 Å². The third-order valence-electron chi connectivity index (χ3n) is 3.26. The van der Waals surface area contributed by atoms with Gasteiger partial charge in [-0.2, -0.15) is 0 Å². The van der Waals surface area contributed by atoms with Crippen LogP contribution >= 0.6 is 0 Å². The van der Waals surface area contributed by atoms with Gasteiger partial charge in [0.1, 0.15) is 9.84 Å². The first-order valence-electron chi connectivity index (χ1n) is 7.12. The van der Waals surface area contributed by atoms with E-state index in [-0.39, 0.29) is 23.6 Å². The van der Waals surface area contributed by atoms with E-state index in [0.29, 0.717) is 12.8 Å². The summed E-state index contributed by atoms with van der Waals surface area (Å²) in [5, 5.41) is 2.63. The lowest BCUT2D eigenvalue weighted by molar-refractivity contribution is -0.120. The van der Waals surface area contributed by atoms with Crippen LogP contribution in [0.3, 0.4) is 0 Å². The Kier molecular flexibility index (Phi) is 5.96. The predicted molar refractivity (Wildman–Crippen MR) is 86.2 cm³/mol. The number of carbonyl (C=O) groups excluding carboxylic acids is 1. The smallest absolute Gasteiger partial charge is 0.220 e. The largest absolute Gasteiger partial charge is 0.355 e. The van der Waals surface area contributed by atoms with Crippen molar-refractivity contribution >= 4 is 15.7 Å². The number of carbonyl (C=O) groups is 1. The summed E-state index contributed by atoms with van der Waals surface area (Å²) < 4.78 is 21.9. The summed E-state index contributed by atoms with van der Waals surface area (Å²) in [5.74, 6) is -0.127. The Bertz CT molecular complexity index is 569. The van der Waals surface area contributed by atoms with E-state index in [1.165, 1.54) is 5.56 Å². The third kappa shape index (κ3) is 7.27. The molecule has 0 bridgehead atoms. The van der Waals surface area contributed by atoms with Crippen LogP contribution in [0.5, 0.6) is 0 Å². The zero-order chi connectivity index (χ0) is 16.1. The Morgan fingerprint density at radius 3 is 2.19 bits per heavy atom. The zero-order valence-corrected chi connectivity index (χ0v) is 14.1. The molecule has 0 aliphatic carbocycles. The van der Waals surface area contributed by atoms with Crippen LogP contribution in [-0.4, -0.2) is 32.9 Å². The molecule has 0 radical (unpaired) electrons. The van der Waals surface area contributed by atoms with Gasteiger partial charge in [-0.25, -0.2) is 8.42 Å². The van der Waals surface area contributed by atoms with Crippen molar-refractivity contribution in [2.45, 2.75) is 39.0 Å². The Morgan fingerprint density at radius 2 is 1.71 bits per heavy atom. The summed E-state index contributed by atoms with van der Waals surface area (Å²) in [6.45, 7) is 6.67. The third-order valence-corrected chi connectivity index (χ3v) is 4.20. The van der Waals surface area contributed by atoms with Crippen molar-refractivity contribution in [3.8, 4) is 0 Å². The fourth-order valence-electron chi connectivity index (χ4n) is 1.89. The number of sulfone groups is 1. The maximum Gasteiger partial charge on any atom is 0.220 e. The Morgan fingerprint density at radius 1 is 1.14 bits per heavy atom. The van der Waals surface area contributed by atoms with Gasteiger partial charge in [0.05, 0.1) is 5.75 Å². The standard InChI is InChI=1S/C16H25NO3S/c1-16(2,3)14-8-5-13(6-9-14)7-10-15(18)17-11-12-21(4,19)20/h5-6,8-9H,7,10-12H2,1-4H3,(H,17,18). The molecule has 0 unspecified atom stereocenters. The van der Waals surface area contributed by atoms with Crippen LogP contribution in [0.25, 0.3) is 0 Å². The minimum atomic E-state index is -3.02. The molecule has 0 fully saturated rings. The molecule has 1 N–H and O–H groups in total. The van der Waals surface area contributed by atoms with Gasteiger partial charge in [-0.05, 0) is 23.0 Å². The Balaban J connectivity index is 2.40. The number of benzene rings is 1. The summed E-state index contributed by atoms with van der Waals surface area (Å²) in [4.78, 5) is 11.6. The van der Waals surface area contributed by atoms with Crippen LogP contribution in [0.1, 0.15) is 38.3 Å². The van der Waals surface area contributed by atoms with E-state index in [1.807, 2.05) is 12.1 Å². The van der Waals surface area contributed by atoms with E-state index >= 15 is 0 Å². The van der Waals surface area contributed by atoms with Gasteiger partial charge in [0.2, 0.25) is 5.91 Å². The van der Waals surface area contributed by atoms with E-state index in [9.17, 15) is 13.2 Å². The maximum atomic E-state index is 11.6. The molecule has 0 atom stereocenters. The molecule has 118 valence electrons. The van der Waals surface area contributed by atoms with Crippen LogP contribution in [0, 0.1) is 0 Å². The highest BCUT2D eigenvalue weighted by atomic mass is 32.2. The minimum absolute atomic E-state index is 0.0149. The average Bonchev–Trinajstić information content (AvgIpc) is 2.34. The molecule has 0 spiro atoms. The Hall–Kier alpha value is -1.36. The number of nitrogens with one attached hydrogen (secondary N) is 1. The highest BCUT2D eigenvalue weighted by molar-refractivity contribution is 7.90. The number of aryl methyl sites for hydroxylation is 1. The second-order valence-corrected chi connectivity index (χ2v) is 8.69. The van der Waals surface area contributed by atoms with Gasteiger partial charge in [-0.1, -0.05) is 45.0 Å². The molecule has 0 aliphatic heterocycles. The predicted octanol–water partition coefficient (Wildman–Crippen LogP) is 2.08. The molecule has 1 aromatic carbocycles. The van der Waals surface area contributed by atoms with E-state index in [4.69, 9.17) is 0 Å². The summed E-state index contributed by atoms with van der Waals surface area (Å²) in [5.41, 5.74) is 2.51. The number of rotatable bonds is 6. The average molecular weight is 311 g/mol. The van der Waals surface area contributed by atoms with E-state index in [0.717, 1.165) is 11.8 Å². The summed E-state index contributed by atoms with van der Waals surface area (Å²) in [6.07, 6.45) is 2.20. The molecule has 0 aliphatic rings. The molecule has 0 aromatic heterocycles. The van der Waals surface area contributed by atoms with Crippen molar-refractivity contribution in [2.75, 3.05) is 18.6 Å². The molecule has 5 heteroatoms.